The number of nitrogens with one attached hydrogen (secondary N) is 2. The Morgan fingerprint density at radius 2 is 1.71 bits per heavy atom. The molecule has 0 aromatic heterocycles. The molecule has 3 aromatic carbocycles. The van der Waals surface area contributed by atoms with Crippen molar-refractivity contribution in [3.8, 4) is 5.75 Å². The summed E-state index contributed by atoms with van der Waals surface area (Å²) < 4.78 is 33.4. The summed E-state index contributed by atoms with van der Waals surface area (Å²) in [6, 6.07) is 20.4. The number of ether oxygens (including phenoxy) is 1. The Morgan fingerprint density at radius 1 is 0.968 bits per heavy atom. The van der Waals surface area contributed by atoms with E-state index >= 15 is 0 Å². The molecule has 1 aliphatic rings. The van der Waals surface area contributed by atoms with Crippen molar-refractivity contribution in [2.45, 2.75) is 17.5 Å². The van der Waals surface area contributed by atoms with Crippen molar-refractivity contribution >= 4 is 16.0 Å². The topological polar surface area (TPSA) is 105 Å². The highest BCUT2D eigenvalue weighted by Crippen LogP contribution is 2.36. The number of hydrogen-bond acceptors (Lipinski definition) is 5. The lowest BCUT2D eigenvalue weighted by Crippen LogP contribution is -2.34. The Bertz CT molecular complexity index is 1200. The van der Waals surface area contributed by atoms with Crippen molar-refractivity contribution in [3.63, 3.8) is 0 Å². The fraction of sp³-hybridized carbons (Fsp3) is 0.174. The lowest BCUT2D eigenvalue weighted by Gasteiger charge is -2.21. The van der Waals surface area contributed by atoms with Crippen LogP contribution in [0.2, 0.25) is 0 Å². The van der Waals surface area contributed by atoms with Crippen LogP contribution in [0.1, 0.15) is 33.1 Å². The first-order valence-electron chi connectivity index (χ1n) is 9.81. The molecule has 0 amide bonds. The van der Waals surface area contributed by atoms with Gasteiger partial charge in [-0.15, -0.1) is 0 Å². The molecule has 4 rings (SSSR count). The molecule has 0 fully saturated rings. The molecule has 1 atom stereocenters. The van der Waals surface area contributed by atoms with Crippen LogP contribution in [0.5, 0.6) is 5.75 Å². The second-order valence-corrected chi connectivity index (χ2v) is 8.91. The van der Waals surface area contributed by atoms with E-state index in [2.05, 4.69) is 10.0 Å². The van der Waals surface area contributed by atoms with E-state index in [1.165, 1.54) is 6.07 Å². The average Bonchev–Trinajstić information content (AvgIpc) is 2.94. The van der Waals surface area contributed by atoms with Crippen molar-refractivity contribution in [1.82, 2.24) is 10.0 Å². The van der Waals surface area contributed by atoms with Gasteiger partial charge < -0.3 is 15.2 Å². The van der Waals surface area contributed by atoms with Gasteiger partial charge in [0.1, 0.15) is 12.4 Å². The molecule has 160 valence electrons. The minimum Gasteiger partial charge on any atom is -0.489 e. The van der Waals surface area contributed by atoms with Gasteiger partial charge in [-0.3, -0.25) is 0 Å². The van der Waals surface area contributed by atoms with Gasteiger partial charge in [0, 0.05) is 18.7 Å². The predicted molar refractivity (Wildman–Crippen MR) is 116 cm³/mol. The minimum atomic E-state index is -3.60. The highest BCUT2D eigenvalue weighted by Gasteiger charge is 2.25. The lowest BCUT2D eigenvalue weighted by molar-refractivity contribution is 0.0696. The van der Waals surface area contributed by atoms with E-state index in [0.29, 0.717) is 24.5 Å². The maximum absolute atomic E-state index is 12.4. The molecule has 1 unspecified atom stereocenters. The van der Waals surface area contributed by atoms with E-state index in [1.54, 1.807) is 42.5 Å². The quantitative estimate of drug-likeness (QED) is 0.490. The maximum Gasteiger partial charge on any atom is 0.335 e. The molecule has 0 spiro atoms. The van der Waals surface area contributed by atoms with Gasteiger partial charge >= 0.3 is 5.97 Å². The molecule has 8 heteroatoms. The summed E-state index contributed by atoms with van der Waals surface area (Å²) in [5, 5.41) is 12.8. The molecule has 0 aliphatic carbocycles. The Hall–Kier alpha value is -3.20. The molecule has 1 heterocycles. The van der Waals surface area contributed by atoms with E-state index in [9.17, 15) is 18.3 Å². The largest absolute Gasteiger partial charge is 0.489 e. The SMILES string of the molecule is O=C(O)c1ccc2c(c1)C(NCCNS(=O)(=O)c1ccccc1)c1ccccc1CO2. The molecule has 3 N–H and O–H groups in total. The summed E-state index contributed by atoms with van der Waals surface area (Å²) in [6.07, 6.45) is 0. The lowest BCUT2D eigenvalue weighted by atomic mass is 9.94. The summed E-state index contributed by atoms with van der Waals surface area (Å²) in [6.45, 7) is 0.876. The number of aromatic carboxylic acids is 1. The number of carbonyl (C=O) groups is 1. The van der Waals surface area contributed by atoms with Gasteiger partial charge in [-0.1, -0.05) is 42.5 Å². The zero-order valence-corrected chi connectivity index (χ0v) is 17.4. The zero-order chi connectivity index (χ0) is 21.8. The number of carboxylic acid groups (broad SMARTS) is 1. The number of fused-ring (bicyclic) bond motifs is 2. The molecule has 0 saturated carbocycles. The number of hydrogen-bond donors (Lipinski definition) is 3. The highest BCUT2D eigenvalue weighted by molar-refractivity contribution is 7.89. The van der Waals surface area contributed by atoms with Gasteiger partial charge in [0.05, 0.1) is 16.5 Å². The summed E-state index contributed by atoms with van der Waals surface area (Å²) in [5.74, 6) is -0.418. The highest BCUT2D eigenvalue weighted by atomic mass is 32.2. The monoisotopic (exact) mass is 438 g/mol. The molecule has 0 bridgehead atoms. The first-order chi connectivity index (χ1) is 15.0. The summed E-state index contributed by atoms with van der Waals surface area (Å²) in [4.78, 5) is 11.7. The molecule has 31 heavy (non-hydrogen) atoms. The van der Waals surface area contributed by atoms with E-state index in [1.807, 2.05) is 24.3 Å². The van der Waals surface area contributed by atoms with Gasteiger partial charge in [-0.2, -0.15) is 0 Å². The second-order valence-electron chi connectivity index (χ2n) is 7.14. The van der Waals surface area contributed by atoms with Crippen LogP contribution in [0.4, 0.5) is 0 Å². The number of carboxylic acids is 1. The van der Waals surface area contributed by atoms with Crippen LogP contribution < -0.4 is 14.8 Å². The molecule has 0 saturated heterocycles. The summed E-state index contributed by atoms with van der Waals surface area (Å²) in [7, 11) is -3.60. The Balaban J connectivity index is 1.56. The van der Waals surface area contributed by atoms with E-state index < -0.39 is 16.0 Å². The smallest absolute Gasteiger partial charge is 0.335 e. The summed E-state index contributed by atoms with van der Waals surface area (Å²) in [5.41, 5.74) is 2.82. The van der Waals surface area contributed by atoms with Crippen molar-refractivity contribution in [3.05, 3.63) is 95.1 Å². The molecule has 0 radical (unpaired) electrons. The fourth-order valence-corrected chi connectivity index (χ4v) is 4.67. The van der Waals surface area contributed by atoms with Gasteiger partial charge in [0.15, 0.2) is 0 Å². The third-order valence-corrected chi connectivity index (χ3v) is 6.61. The molecular formula is C23H22N2O5S. The second kappa shape index (κ2) is 8.89. The molecule has 7 nitrogen and oxygen atoms in total. The number of benzene rings is 3. The third kappa shape index (κ3) is 4.61. The molecule has 1 aliphatic heterocycles. The van der Waals surface area contributed by atoms with E-state index in [0.717, 1.165) is 11.1 Å². The number of rotatable bonds is 7. The van der Waals surface area contributed by atoms with Gasteiger partial charge in [-0.25, -0.2) is 17.9 Å². The first kappa shape index (κ1) is 21.0. The molecular weight excluding hydrogens is 416 g/mol. The van der Waals surface area contributed by atoms with Crippen LogP contribution in [-0.2, 0) is 16.6 Å². The number of sulfonamides is 1. The van der Waals surface area contributed by atoms with Crippen LogP contribution in [0, 0.1) is 0 Å². The normalized spacial score (nSPS) is 15.3. The average molecular weight is 439 g/mol. The van der Waals surface area contributed by atoms with Crippen LogP contribution in [0.3, 0.4) is 0 Å². The zero-order valence-electron chi connectivity index (χ0n) is 16.6. The fourth-order valence-electron chi connectivity index (χ4n) is 3.61. The third-order valence-electron chi connectivity index (χ3n) is 5.14. The maximum atomic E-state index is 12.4. The van der Waals surface area contributed by atoms with Crippen LogP contribution >= 0.6 is 0 Å². The summed E-state index contributed by atoms with van der Waals surface area (Å²) >= 11 is 0. The van der Waals surface area contributed by atoms with Gasteiger partial charge in [0.25, 0.3) is 0 Å². The van der Waals surface area contributed by atoms with Gasteiger partial charge in [0.2, 0.25) is 10.0 Å². The van der Waals surface area contributed by atoms with E-state index in [-0.39, 0.29) is 23.0 Å². The van der Waals surface area contributed by atoms with E-state index in [4.69, 9.17) is 4.74 Å². The predicted octanol–water partition coefficient (Wildman–Crippen LogP) is 2.93. The van der Waals surface area contributed by atoms with Crippen molar-refractivity contribution in [2.24, 2.45) is 0 Å². The van der Waals surface area contributed by atoms with Crippen LogP contribution in [0.15, 0.2) is 77.7 Å². The van der Waals surface area contributed by atoms with Crippen LogP contribution in [-0.4, -0.2) is 32.6 Å². The standard InChI is InChI=1S/C23H22N2O5S/c26-23(27)16-10-11-21-20(14-16)22(19-9-5-4-6-17(19)15-30-21)24-12-13-25-31(28,29)18-7-2-1-3-8-18/h1-11,14,22,24-25H,12-13,15H2,(H,26,27). The van der Waals surface area contributed by atoms with Gasteiger partial charge in [-0.05, 0) is 41.5 Å². The van der Waals surface area contributed by atoms with Crippen molar-refractivity contribution in [1.29, 1.82) is 0 Å². The minimum absolute atomic E-state index is 0.165. The Kier molecular flexibility index (Phi) is 6.03. The van der Waals surface area contributed by atoms with Crippen molar-refractivity contribution < 1.29 is 23.1 Å². The van der Waals surface area contributed by atoms with Crippen LogP contribution in [0.25, 0.3) is 0 Å². The Labute approximate surface area is 180 Å². The first-order valence-corrected chi connectivity index (χ1v) is 11.3. The van der Waals surface area contributed by atoms with Crippen molar-refractivity contribution in [2.75, 3.05) is 13.1 Å². The Morgan fingerprint density at radius 3 is 2.48 bits per heavy atom. The molecule has 3 aromatic rings.